The van der Waals surface area contributed by atoms with Gasteiger partial charge < -0.3 is 5.43 Å². The van der Waals surface area contributed by atoms with Crippen LogP contribution in [-0.2, 0) is 0 Å². The SMILES string of the molecule is Cc1nc2ccc(Br)cc2c(-c2ccccc2)c1C1=NN[C@@H](c2ccc(Br)cc2)C1. The number of halogens is 2. The molecule has 0 saturated heterocycles. The van der Waals surface area contributed by atoms with Crippen LogP contribution in [0.5, 0.6) is 0 Å². The predicted octanol–water partition coefficient (Wildman–Crippen LogP) is 7.17. The van der Waals surface area contributed by atoms with Crippen LogP contribution in [0.2, 0.25) is 0 Å². The van der Waals surface area contributed by atoms with Gasteiger partial charge in [-0.2, -0.15) is 5.10 Å². The van der Waals surface area contributed by atoms with E-state index in [0.29, 0.717) is 0 Å². The summed E-state index contributed by atoms with van der Waals surface area (Å²) in [6, 6.07) is 25.4. The summed E-state index contributed by atoms with van der Waals surface area (Å²) in [6.45, 7) is 2.08. The van der Waals surface area contributed by atoms with Crippen molar-refractivity contribution in [3.63, 3.8) is 0 Å². The highest BCUT2D eigenvalue weighted by Gasteiger charge is 2.26. The second kappa shape index (κ2) is 7.97. The smallest absolute Gasteiger partial charge is 0.0745 e. The van der Waals surface area contributed by atoms with E-state index >= 15 is 0 Å². The molecule has 4 aromatic rings. The second-order valence-electron chi connectivity index (χ2n) is 7.47. The number of hydrazone groups is 1. The number of nitrogens with one attached hydrogen (secondary N) is 1. The minimum atomic E-state index is 0.161. The van der Waals surface area contributed by atoms with Gasteiger partial charge in [-0.15, -0.1) is 0 Å². The van der Waals surface area contributed by atoms with Gasteiger partial charge in [0, 0.05) is 37.6 Å². The maximum absolute atomic E-state index is 4.92. The molecule has 0 radical (unpaired) electrons. The van der Waals surface area contributed by atoms with Crippen LogP contribution in [0.3, 0.4) is 0 Å². The van der Waals surface area contributed by atoms with Gasteiger partial charge in [0.05, 0.1) is 17.3 Å². The van der Waals surface area contributed by atoms with E-state index in [9.17, 15) is 0 Å². The Labute approximate surface area is 192 Å². The molecule has 0 spiro atoms. The van der Waals surface area contributed by atoms with Gasteiger partial charge in [-0.1, -0.05) is 74.3 Å². The van der Waals surface area contributed by atoms with E-state index in [-0.39, 0.29) is 6.04 Å². The van der Waals surface area contributed by atoms with Gasteiger partial charge in [0.2, 0.25) is 0 Å². The fourth-order valence-electron chi connectivity index (χ4n) is 4.10. The highest BCUT2D eigenvalue weighted by atomic mass is 79.9. The zero-order chi connectivity index (χ0) is 20.7. The third-order valence-electron chi connectivity index (χ3n) is 5.50. The molecule has 30 heavy (non-hydrogen) atoms. The monoisotopic (exact) mass is 519 g/mol. The topological polar surface area (TPSA) is 37.3 Å². The number of benzene rings is 3. The number of nitrogens with zero attached hydrogens (tertiary/aromatic N) is 2. The molecule has 0 saturated carbocycles. The fraction of sp³-hybridized carbons (Fsp3) is 0.120. The van der Waals surface area contributed by atoms with Gasteiger partial charge in [-0.05, 0) is 48.4 Å². The van der Waals surface area contributed by atoms with E-state index in [1.54, 1.807) is 0 Å². The molecule has 0 bridgehead atoms. The third kappa shape index (κ3) is 3.57. The number of aryl methyl sites for hydroxylation is 1. The number of hydrogen-bond acceptors (Lipinski definition) is 3. The molecule has 1 aliphatic heterocycles. The van der Waals surface area contributed by atoms with Crippen molar-refractivity contribution in [2.24, 2.45) is 5.10 Å². The molecule has 0 fully saturated rings. The van der Waals surface area contributed by atoms with Crippen LogP contribution >= 0.6 is 31.9 Å². The van der Waals surface area contributed by atoms with Crippen molar-refractivity contribution in [3.05, 3.63) is 98.6 Å². The maximum atomic E-state index is 4.92. The molecule has 148 valence electrons. The number of rotatable bonds is 3. The van der Waals surface area contributed by atoms with Gasteiger partial charge in [-0.25, -0.2) is 0 Å². The zero-order valence-electron chi connectivity index (χ0n) is 16.4. The van der Waals surface area contributed by atoms with Gasteiger partial charge in [0.1, 0.15) is 0 Å². The normalized spacial score (nSPS) is 15.8. The molecule has 1 N–H and O–H groups in total. The summed E-state index contributed by atoms with van der Waals surface area (Å²) in [5, 5.41) is 5.90. The van der Waals surface area contributed by atoms with Crippen molar-refractivity contribution >= 4 is 48.5 Å². The first-order chi connectivity index (χ1) is 14.6. The highest BCUT2D eigenvalue weighted by Crippen LogP contribution is 2.37. The van der Waals surface area contributed by atoms with E-state index in [1.807, 2.05) is 12.1 Å². The molecule has 1 aromatic heterocycles. The summed E-state index contributed by atoms with van der Waals surface area (Å²) >= 11 is 7.15. The minimum absolute atomic E-state index is 0.161. The Morgan fingerprint density at radius 2 is 1.60 bits per heavy atom. The first-order valence-corrected chi connectivity index (χ1v) is 11.4. The van der Waals surface area contributed by atoms with Crippen LogP contribution in [0.25, 0.3) is 22.0 Å². The number of aromatic nitrogens is 1. The molecule has 3 nitrogen and oxygen atoms in total. The summed E-state index contributed by atoms with van der Waals surface area (Å²) < 4.78 is 2.12. The lowest BCUT2D eigenvalue weighted by atomic mass is 9.89. The molecule has 3 aromatic carbocycles. The Bertz CT molecular complexity index is 1270. The van der Waals surface area contributed by atoms with Crippen LogP contribution in [0, 0.1) is 6.92 Å². The van der Waals surface area contributed by atoms with Crippen molar-refractivity contribution < 1.29 is 0 Å². The average Bonchev–Trinajstić information content (AvgIpc) is 3.24. The Hall–Kier alpha value is -2.50. The van der Waals surface area contributed by atoms with Crippen LogP contribution in [0.4, 0.5) is 0 Å². The Morgan fingerprint density at radius 1 is 0.867 bits per heavy atom. The fourth-order valence-corrected chi connectivity index (χ4v) is 4.73. The van der Waals surface area contributed by atoms with Crippen LogP contribution in [0.1, 0.15) is 29.3 Å². The van der Waals surface area contributed by atoms with Gasteiger partial charge in [0.15, 0.2) is 0 Å². The first-order valence-electron chi connectivity index (χ1n) is 9.83. The molecule has 0 aliphatic carbocycles. The lowest BCUT2D eigenvalue weighted by Crippen LogP contribution is -2.10. The van der Waals surface area contributed by atoms with Crippen LogP contribution in [0.15, 0.2) is 86.8 Å². The first kappa shape index (κ1) is 19.5. The lowest BCUT2D eigenvalue weighted by Gasteiger charge is -2.16. The van der Waals surface area contributed by atoms with E-state index in [4.69, 9.17) is 10.1 Å². The summed E-state index contributed by atoms with van der Waals surface area (Å²) in [7, 11) is 0. The van der Waals surface area contributed by atoms with Crippen molar-refractivity contribution in [3.8, 4) is 11.1 Å². The molecule has 2 heterocycles. The zero-order valence-corrected chi connectivity index (χ0v) is 19.5. The van der Waals surface area contributed by atoms with E-state index in [1.165, 1.54) is 16.7 Å². The van der Waals surface area contributed by atoms with Gasteiger partial charge in [-0.3, -0.25) is 4.98 Å². The maximum Gasteiger partial charge on any atom is 0.0745 e. The number of fused-ring (bicyclic) bond motifs is 1. The number of pyridine rings is 1. The van der Waals surface area contributed by atoms with Crippen molar-refractivity contribution in [2.75, 3.05) is 0 Å². The quantitative estimate of drug-likeness (QED) is 0.310. The second-order valence-corrected chi connectivity index (χ2v) is 9.30. The Kier molecular flexibility index (Phi) is 5.17. The lowest BCUT2D eigenvalue weighted by molar-refractivity contribution is 0.620. The van der Waals surface area contributed by atoms with Crippen LogP contribution in [-0.4, -0.2) is 10.7 Å². The van der Waals surface area contributed by atoms with E-state index in [0.717, 1.165) is 43.2 Å². The van der Waals surface area contributed by atoms with Crippen molar-refractivity contribution in [1.29, 1.82) is 0 Å². The molecule has 0 amide bonds. The molecule has 0 unspecified atom stereocenters. The Morgan fingerprint density at radius 3 is 2.37 bits per heavy atom. The number of hydrogen-bond donors (Lipinski definition) is 1. The average molecular weight is 521 g/mol. The molecule has 1 atom stereocenters. The largest absolute Gasteiger partial charge is 0.302 e. The molecular weight excluding hydrogens is 502 g/mol. The van der Waals surface area contributed by atoms with Crippen molar-refractivity contribution in [1.82, 2.24) is 10.4 Å². The molecular formula is C25H19Br2N3. The summed E-state index contributed by atoms with van der Waals surface area (Å²) in [4.78, 5) is 4.92. The van der Waals surface area contributed by atoms with Gasteiger partial charge in [0.25, 0.3) is 0 Å². The van der Waals surface area contributed by atoms with Gasteiger partial charge >= 0.3 is 0 Å². The van der Waals surface area contributed by atoms with Crippen molar-refractivity contribution in [2.45, 2.75) is 19.4 Å². The highest BCUT2D eigenvalue weighted by molar-refractivity contribution is 9.10. The molecule has 1 aliphatic rings. The molecule has 5 heteroatoms. The van der Waals surface area contributed by atoms with E-state index < -0.39 is 0 Å². The predicted molar refractivity (Wildman–Crippen MR) is 131 cm³/mol. The summed E-state index contributed by atoms with van der Waals surface area (Å²) in [5.41, 5.74) is 11.1. The van der Waals surface area contributed by atoms with Crippen LogP contribution < -0.4 is 5.43 Å². The summed E-state index contributed by atoms with van der Waals surface area (Å²) in [5.74, 6) is 0. The standard InChI is InChI=1S/C25H19Br2N3/c1-15-24(23-14-22(29-30-23)16-7-9-18(26)10-8-16)25(17-5-3-2-4-6-17)20-13-19(27)11-12-21(20)28-15/h2-13,22,29H,14H2,1H3/t22-/m1/s1. The van der Waals surface area contributed by atoms with E-state index in [2.05, 4.69) is 105 Å². The summed E-state index contributed by atoms with van der Waals surface area (Å²) in [6.07, 6.45) is 0.823. The minimum Gasteiger partial charge on any atom is -0.302 e. The third-order valence-corrected chi connectivity index (χ3v) is 6.53. The molecule has 5 rings (SSSR count). The Balaban J connectivity index is 1.66.